The van der Waals surface area contributed by atoms with Crippen LogP contribution in [0.3, 0.4) is 0 Å². The van der Waals surface area contributed by atoms with E-state index in [4.69, 9.17) is 16.9 Å². The molecule has 0 heterocycles. The van der Waals surface area contributed by atoms with E-state index in [-0.39, 0.29) is 0 Å². The number of rotatable bonds is 1. The molecule has 0 aromatic heterocycles. The highest BCUT2D eigenvalue weighted by Gasteiger charge is 2.11. The van der Waals surface area contributed by atoms with Gasteiger partial charge in [0.05, 0.1) is 11.6 Å². The zero-order valence-electron chi connectivity index (χ0n) is 9.17. The van der Waals surface area contributed by atoms with Gasteiger partial charge in [0.25, 0.3) is 0 Å². The van der Waals surface area contributed by atoms with Crippen LogP contribution in [-0.4, -0.2) is 0 Å². The largest absolute Gasteiger partial charge is 0.207 e. The Morgan fingerprint density at radius 1 is 1.24 bits per heavy atom. The number of benzene rings is 2. The molecule has 84 valence electrons. The van der Waals surface area contributed by atoms with Gasteiger partial charge in [-0.2, -0.15) is 5.26 Å². The number of hydrogen-bond donors (Lipinski definition) is 0. The van der Waals surface area contributed by atoms with Crippen molar-refractivity contribution in [1.29, 1.82) is 5.26 Å². The molecule has 0 spiro atoms. The summed E-state index contributed by atoms with van der Waals surface area (Å²) in [5.41, 5.74) is 2.70. The van der Waals surface area contributed by atoms with Gasteiger partial charge in [0.15, 0.2) is 0 Å². The maximum atomic E-state index is 13.1. The lowest BCUT2D eigenvalue weighted by molar-refractivity contribution is 0.627. The number of nitriles is 1. The fourth-order valence-corrected chi connectivity index (χ4v) is 2.12. The Bertz CT molecular complexity index is 594. The van der Waals surface area contributed by atoms with Crippen LogP contribution >= 0.6 is 11.6 Å². The lowest BCUT2D eigenvalue weighted by Gasteiger charge is -2.10. The molecule has 0 aliphatic rings. The number of halogens is 2. The molecule has 0 aliphatic heterocycles. The lowest BCUT2D eigenvalue weighted by Crippen LogP contribution is -1.90. The lowest BCUT2D eigenvalue weighted by atomic mass is 9.96. The van der Waals surface area contributed by atoms with Crippen molar-refractivity contribution in [3.8, 4) is 17.2 Å². The second-order valence-corrected chi connectivity index (χ2v) is 4.14. The molecule has 3 heteroatoms. The maximum Gasteiger partial charge on any atom is 0.124 e. The Hall–Kier alpha value is -1.85. The van der Waals surface area contributed by atoms with Gasteiger partial charge in [0.1, 0.15) is 5.82 Å². The van der Waals surface area contributed by atoms with Gasteiger partial charge in [-0.1, -0.05) is 29.8 Å². The molecule has 17 heavy (non-hydrogen) atoms. The number of nitrogens with zero attached hydrogens (tertiary/aromatic N) is 1. The van der Waals surface area contributed by atoms with Crippen molar-refractivity contribution in [3.05, 3.63) is 58.4 Å². The summed E-state index contributed by atoms with van der Waals surface area (Å²) in [5.74, 6) is -0.421. The normalized spacial score (nSPS) is 10.0. The van der Waals surface area contributed by atoms with E-state index in [0.29, 0.717) is 16.1 Å². The molecular weight excluding hydrogens is 237 g/mol. The molecule has 0 saturated carbocycles. The first kappa shape index (κ1) is 11.6. The second kappa shape index (κ2) is 4.57. The smallest absolute Gasteiger partial charge is 0.124 e. The molecule has 0 unspecified atom stereocenters. The molecule has 0 radical (unpaired) electrons. The first-order valence-electron chi connectivity index (χ1n) is 5.08. The topological polar surface area (TPSA) is 23.8 Å². The molecule has 1 nitrogen and oxygen atoms in total. The average molecular weight is 246 g/mol. The summed E-state index contributed by atoms with van der Waals surface area (Å²) in [6.45, 7) is 1.91. The minimum atomic E-state index is -0.421. The summed E-state index contributed by atoms with van der Waals surface area (Å²) in [7, 11) is 0. The highest BCUT2D eigenvalue weighted by Crippen LogP contribution is 2.33. The van der Waals surface area contributed by atoms with Crippen LogP contribution in [0.5, 0.6) is 0 Å². The van der Waals surface area contributed by atoms with Crippen LogP contribution in [0.2, 0.25) is 5.02 Å². The predicted octanol–water partition coefficient (Wildman–Crippen LogP) is 4.33. The minimum Gasteiger partial charge on any atom is -0.207 e. The quantitative estimate of drug-likeness (QED) is 0.734. The van der Waals surface area contributed by atoms with Crippen LogP contribution < -0.4 is 0 Å². The Balaban J connectivity index is 2.74. The average Bonchev–Trinajstić information content (AvgIpc) is 2.30. The summed E-state index contributed by atoms with van der Waals surface area (Å²) in [4.78, 5) is 0. The molecule has 2 rings (SSSR count). The Morgan fingerprint density at radius 3 is 2.65 bits per heavy atom. The van der Waals surface area contributed by atoms with E-state index in [1.807, 2.05) is 25.1 Å². The molecule has 0 fully saturated rings. The van der Waals surface area contributed by atoms with Crippen molar-refractivity contribution in [2.24, 2.45) is 0 Å². The van der Waals surface area contributed by atoms with Gasteiger partial charge in [-0.05, 0) is 30.7 Å². The van der Waals surface area contributed by atoms with Gasteiger partial charge in [-0.15, -0.1) is 0 Å². The van der Waals surface area contributed by atoms with Gasteiger partial charge >= 0.3 is 0 Å². The number of hydrogen-bond acceptors (Lipinski definition) is 1. The highest BCUT2D eigenvalue weighted by atomic mass is 35.5. The van der Waals surface area contributed by atoms with Crippen LogP contribution in [0.1, 0.15) is 11.1 Å². The van der Waals surface area contributed by atoms with E-state index < -0.39 is 5.82 Å². The molecular formula is C14H9ClFN. The number of aryl methyl sites for hydroxylation is 1. The van der Waals surface area contributed by atoms with Gasteiger partial charge < -0.3 is 0 Å². The molecule has 0 saturated heterocycles. The first-order valence-corrected chi connectivity index (χ1v) is 5.46. The van der Waals surface area contributed by atoms with Crippen molar-refractivity contribution >= 4 is 11.6 Å². The molecule has 2 aromatic rings. The van der Waals surface area contributed by atoms with Gasteiger partial charge in [0.2, 0.25) is 0 Å². The van der Waals surface area contributed by atoms with Crippen LogP contribution in [0.15, 0.2) is 36.4 Å². The zero-order chi connectivity index (χ0) is 12.4. The van der Waals surface area contributed by atoms with Crippen LogP contribution in [0.25, 0.3) is 11.1 Å². The maximum absolute atomic E-state index is 13.1. The van der Waals surface area contributed by atoms with Gasteiger partial charge in [-0.3, -0.25) is 0 Å². The summed E-state index contributed by atoms with van der Waals surface area (Å²) in [6.07, 6.45) is 0. The van der Waals surface area contributed by atoms with Crippen molar-refractivity contribution in [2.75, 3.05) is 0 Å². The SMILES string of the molecule is Cc1cccc(Cl)c1-c1ccc(F)cc1C#N. The zero-order valence-corrected chi connectivity index (χ0v) is 9.92. The van der Waals surface area contributed by atoms with Gasteiger partial charge in [0, 0.05) is 16.1 Å². The Kier molecular flexibility index (Phi) is 3.12. The highest BCUT2D eigenvalue weighted by molar-refractivity contribution is 6.33. The van der Waals surface area contributed by atoms with E-state index in [1.54, 1.807) is 12.1 Å². The van der Waals surface area contributed by atoms with Crippen molar-refractivity contribution < 1.29 is 4.39 Å². The minimum absolute atomic E-state index is 0.293. The summed E-state index contributed by atoms with van der Waals surface area (Å²) in [5, 5.41) is 9.59. The van der Waals surface area contributed by atoms with Gasteiger partial charge in [-0.25, -0.2) is 4.39 Å². The van der Waals surface area contributed by atoms with Crippen LogP contribution in [0.4, 0.5) is 4.39 Å². The van der Waals surface area contributed by atoms with E-state index in [9.17, 15) is 4.39 Å². The predicted molar refractivity (Wildman–Crippen MR) is 66.3 cm³/mol. The van der Waals surface area contributed by atoms with Crippen molar-refractivity contribution in [2.45, 2.75) is 6.92 Å². The van der Waals surface area contributed by atoms with E-state index in [1.165, 1.54) is 12.1 Å². The van der Waals surface area contributed by atoms with E-state index >= 15 is 0 Å². The molecule has 0 atom stereocenters. The van der Waals surface area contributed by atoms with E-state index in [0.717, 1.165) is 11.1 Å². The molecule has 2 aromatic carbocycles. The monoisotopic (exact) mass is 245 g/mol. The first-order chi connectivity index (χ1) is 8.13. The van der Waals surface area contributed by atoms with Crippen molar-refractivity contribution in [3.63, 3.8) is 0 Å². The van der Waals surface area contributed by atoms with Crippen LogP contribution in [-0.2, 0) is 0 Å². The summed E-state index contributed by atoms with van der Waals surface area (Å²) >= 11 is 6.13. The third kappa shape index (κ3) is 2.15. The van der Waals surface area contributed by atoms with Crippen molar-refractivity contribution in [1.82, 2.24) is 0 Å². The molecule has 0 amide bonds. The standard InChI is InChI=1S/C14H9ClFN/c1-9-3-2-4-13(15)14(9)12-6-5-11(16)7-10(12)8-17/h2-7H,1H3. The fourth-order valence-electron chi connectivity index (χ4n) is 1.80. The third-order valence-corrected chi connectivity index (χ3v) is 2.91. The Morgan fingerprint density at radius 2 is 2.00 bits per heavy atom. The third-order valence-electron chi connectivity index (χ3n) is 2.59. The van der Waals surface area contributed by atoms with Crippen LogP contribution in [0, 0.1) is 24.1 Å². The molecule has 0 N–H and O–H groups in total. The fraction of sp³-hybridized carbons (Fsp3) is 0.0714. The van der Waals surface area contributed by atoms with E-state index in [2.05, 4.69) is 0 Å². The summed E-state index contributed by atoms with van der Waals surface area (Å²) in [6, 6.07) is 11.6. The molecule has 0 aliphatic carbocycles. The Labute approximate surface area is 104 Å². The molecule has 0 bridgehead atoms. The second-order valence-electron chi connectivity index (χ2n) is 3.73. The summed E-state index contributed by atoms with van der Waals surface area (Å²) < 4.78 is 13.1.